The van der Waals surface area contributed by atoms with E-state index >= 15 is 0 Å². The van der Waals surface area contributed by atoms with Crippen molar-refractivity contribution in [2.24, 2.45) is 0 Å². The van der Waals surface area contributed by atoms with Gasteiger partial charge in [-0.25, -0.2) is 4.79 Å². The van der Waals surface area contributed by atoms with Crippen LogP contribution in [-0.2, 0) is 33.7 Å². The van der Waals surface area contributed by atoms with Crippen molar-refractivity contribution in [1.82, 2.24) is 4.98 Å². The van der Waals surface area contributed by atoms with E-state index in [1.807, 2.05) is 44.2 Å². The Labute approximate surface area is 135 Å². The number of aryl methyl sites for hydroxylation is 1. The Bertz CT molecular complexity index is 689. The van der Waals surface area contributed by atoms with Gasteiger partial charge < -0.3 is 14.5 Å². The number of benzene rings is 1. The summed E-state index contributed by atoms with van der Waals surface area (Å²) in [4.78, 5) is 26.9. The van der Waals surface area contributed by atoms with Crippen LogP contribution in [0, 0.1) is 6.92 Å². The molecule has 0 saturated carbocycles. The Balaban J connectivity index is 2.16. The normalized spacial score (nSPS) is 10.4. The summed E-state index contributed by atoms with van der Waals surface area (Å²) in [5, 5.41) is 0. The first-order valence-electron chi connectivity index (χ1n) is 7.55. The number of aromatic nitrogens is 1. The highest BCUT2D eigenvalue weighted by atomic mass is 16.5. The van der Waals surface area contributed by atoms with Crippen LogP contribution in [-0.4, -0.2) is 24.0 Å². The van der Waals surface area contributed by atoms with E-state index in [4.69, 9.17) is 9.47 Å². The summed E-state index contributed by atoms with van der Waals surface area (Å²) in [6.45, 7) is 4.00. The van der Waals surface area contributed by atoms with Crippen LogP contribution in [0.4, 0.5) is 0 Å². The van der Waals surface area contributed by atoms with Crippen molar-refractivity contribution >= 4 is 11.9 Å². The molecule has 5 nitrogen and oxygen atoms in total. The van der Waals surface area contributed by atoms with Crippen LogP contribution in [0.1, 0.15) is 39.8 Å². The SMILES string of the molecule is CCc1c(C(=O)OCc2ccccc2)[nH]c(C)c1CC(=O)OC. The third kappa shape index (κ3) is 4.00. The largest absolute Gasteiger partial charge is 0.469 e. The van der Waals surface area contributed by atoms with Gasteiger partial charge in [0.2, 0.25) is 0 Å². The number of esters is 2. The van der Waals surface area contributed by atoms with Crippen LogP contribution in [0.2, 0.25) is 0 Å². The van der Waals surface area contributed by atoms with Crippen LogP contribution in [0.3, 0.4) is 0 Å². The fourth-order valence-corrected chi connectivity index (χ4v) is 2.53. The zero-order chi connectivity index (χ0) is 16.8. The van der Waals surface area contributed by atoms with Crippen LogP contribution >= 0.6 is 0 Å². The van der Waals surface area contributed by atoms with Crippen molar-refractivity contribution < 1.29 is 19.1 Å². The number of methoxy groups -OCH3 is 1. The maximum absolute atomic E-state index is 12.3. The molecule has 5 heteroatoms. The molecule has 0 aliphatic heterocycles. The molecular weight excluding hydrogens is 294 g/mol. The Kier molecular flexibility index (Phi) is 5.57. The number of aromatic amines is 1. The van der Waals surface area contributed by atoms with Crippen LogP contribution in [0.25, 0.3) is 0 Å². The summed E-state index contributed by atoms with van der Waals surface area (Å²) in [6, 6.07) is 9.50. The molecule has 0 amide bonds. The predicted molar refractivity (Wildman–Crippen MR) is 86.2 cm³/mol. The Morgan fingerprint density at radius 3 is 2.43 bits per heavy atom. The lowest BCUT2D eigenvalue weighted by atomic mass is 10.0. The Morgan fingerprint density at radius 1 is 1.13 bits per heavy atom. The molecule has 0 saturated heterocycles. The van der Waals surface area contributed by atoms with Gasteiger partial charge in [-0.15, -0.1) is 0 Å². The molecule has 2 rings (SSSR count). The lowest BCUT2D eigenvalue weighted by Gasteiger charge is -2.06. The molecule has 23 heavy (non-hydrogen) atoms. The van der Waals surface area contributed by atoms with Crippen LogP contribution in [0.15, 0.2) is 30.3 Å². The minimum atomic E-state index is -0.412. The number of rotatable bonds is 6. The maximum Gasteiger partial charge on any atom is 0.355 e. The van der Waals surface area contributed by atoms with Crippen LogP contribution in [0.5, 0.6) is 0 Å². The summed E-state index contributed by atoms with van der Waals surface area (Å²) in [6.07, 6.45) is 0.778. The van der Waals surface area contributed by atoms with Gasteiger partial charge in [-0.3, -0.25) is 4.79 Å². The topological polar surface area (TPSA) is 68.4 Å². The smallest absolute Gasteiger partial charge is 0.355 e. The molecular formula is C18H21NO4. The van der Waals surface area contributed by atoms with Crippen molar-refractivity contribution in [3.8, 4) is 0 Å². The quantitative estimate of drug-likeness (QED) is 0.832. The first kappa shape index (κ1) is 16.8. The van der Waals surface area contributed by atoms with Crippen molar-refractivity contribution in [1.29, 1.82) is 0 Å². The van der Waals surface area contributed by atoms with Gasteiger partial charge in [0.15, 0.2) is 0 Å². The third-order valence-electron chi connectivity index (χ3n) is 3.75. The van der Waals surface area contributed by atoms with E-state index in [0.29, 0.717) is 12.1 Å². The molecule has 0 aliphatic carbocycles. The van der Waals surface area contributed by atoms with Crippen molar-refractivity contribution in [2.75, 3.05) is 7.11 Å². The van der Waals surface area contributed by atoms with Crippen molar-refractivity contribution in [3.05, 3.63) is 58.4 Å². The van der Waals surface area contributed by atoms with Gasteiger partial charge in [0.1, 0.15) is 12.3 Å². The number of nitrogens with one attached hydrogen (secondary N) is 1. The number of carbonyl (C=O) groups excluding carboxylic acids is 2. The van der Waals surface area contributed by atoms with E-state index in [2.05, 4.69) is 4.98 Å². The standard InChI is InChI=1S/C18H21NO4/c1-4-14-15(10-16(20)22-3)12(2)19-17(14)18(21)23-11-13-8-6-5-7-9-13/h5-9,19H,4,10-11H2,1-3H3. The van der Waals surface area contributed by atoms with Gasteiger partial charge in [0.05, 0.1) is 13.5 Å². The summed E-state index contributed by atoms with van der Waals surface area (Å²) >= 11 is 0. The van der Waals surface area contributed by atoms with Gasteiger partial charge in [-0.05, 0) is 30.0 Å². The van der Waals surface area contributed by atoms with Gasteiger partial charge in [-0.1, -0.05) is 37.3 Å². The van der Waals surface area contributed by atoms with Crippen molar-refractivity contribution in [3.63, 3.8) is 0 Å². The molecule has 1 N–H and O–H groups in total. The predicted octanol–water partition coefficient (Wildman–Crippen LogP) is 2.96. The molecule has 0 unspecified atom stereocenters. The highest BCUT2D eigenvalue weighted by Gasteiger charge is 2.22. The van der Waals surface area contributed by atoms with E-state index < -0.39 is 5.97 Å². The third-order valence-corrected chi connectivity index (χ3v) is 3.75. The van der Waals surface area contributed by atoms with Gasteiger partial charge in [-0.2, -0.15) is 0 Å². The van der Waals surface area contributed by atoms with Gasteiger partial charge >= 0.3 is 11.9 Å². The highest BCUT2D eigenvalue weighted by Crippen LogP contribution is 2.22. The average Bonchev–Trinajstić information content (AvgIpc) is 2.89. The Morgan fingerprint density at radius 2 is 1.83 bits per heavy atom. The molecule has 0 spiro atoms. The van der Waals surface area contributed by atoms with E-state index in [-0.39, 0.29) is 19.0 Å². The summed E-state index contributed by atoms with van der Waals surface area (Å²) < 4.78 is 10.1. The molecule has 0 aliphatic rings. The summed E-state index contributed by atoms with van der Waals surface area (Å²) in [5.41, 5.74) is 3.76. The summed E-state index contributed by atoms with van der Waals surface area (Å²) in [5.74, 6) is -0.740. The maximum atomic E-state index is 12.3. The first-order valence-corrected chi connectivity index (χ1v) is 7.55. The lowest BCUT2D eigenvalue weighted by molar-refractivity contribution is -0.139. The highest BCUT2D eigenvalue weighted by molar-refractivity contribution is 5.90. The lowest BCUT2D eigenvalue weighted by Crippen LogP contribution is -2.10. The number of hydrogen-bond acceptors (Lipinski definition) is 4. The monoisotopic (exact) mass is 315 g/mol. The minimum absolute atomic E-state index is 0.147. The molecule has 0 bridgehead atoms. The second-order valence-corrected chi connectivity index (χ2v) is 5.25. The van der Waals surface area contributed by atoms with E-state index in [0.717, 1.165) is 22.4 Å². The molecule has 1 aromatic heterocycles. The number of ether oxygens (including phenoxy) is 2. The molecule has 2 aromatic rings. The molecule has 1 heterocycles. The molecule has 0 radical (unpaired) electrons. The number of H-pyrrole nitrogens is 1. The number of carbonyl (C=O) groups is 2. The van der Waals surface area contributed by atoms with E-state index in [9.17, 15) is 9.59 Å². The van der Waals surface area contributed by atoms with Gasteiger partial charge in [0, 0.05) is 5.69 Å². The second kappa shape index (κ2) is 7.63. The minimum Gasteiger partial charge on any atom is -0.469 e. The second-order valence-electron chi connectivity index (χ2n) is 5.25. The summed E-state index contributed by atoms with van der Waals surface area (Å²) in [7, 11) is 1.35. The van der Waals surface area contributed by atoms with E-state index in [1.165, 1.54) is 7.11 Å². The molecule has 122 valence electrons. The van der Waals surface area contributed by atoms with Crippen molar-refractivity contribution in [2.45, 2.75) is 33.3 Å². The zero-order valence-electron chi connectivity index (χ0n) is 13.6. The molecule has 0 atom stereocenters. The first-order chi connectivity index (χ1) is 11.1. The molecule has 0 fully saturated rings. The Hall–Kier alpha value is -2.56. The van der Waals surface area contributed by atoms with E-state index in [1.54, 1.807) is 0 Å². The fourth-order valence-electron chi connectivity index (χ4n) is 2.53. The number of hydrogen-bond donors (Lipinski definition) is 1. The average molecular weight is 315 g/mol. The van der Waals surface area contributed by atoms with Gasteiger partial charge in [0.25, 0.3) is 0 Å². The fraction of sp³-hybridized carbons (Fsp3) is 0.333. The van der Waals surface area contributed by atoms with Crippen LogP contribution < -0.4 is 0 Å². The zero-order valence-corrected chi connectivity index (χ0v) is 13.6. The molecule has 1 aromatic carbocycles.